The van der Waals surface area contributed by atoms with Gasteiger partial charge in [0.05, 0.1) is 0 Å². The molecule has 1 aromatic heterocycles. The third kappa shape index (κ3) is 2.62. The van der Waals surface area contributed by atoms with Crippen LogP contribution in [0.25, 0.3) is 11.0 Å². The first-order chi connectivity index (χ1) is 9.65. The van der Waals surface area contributed by atoms with Crippen LogP contribution in [0.15, 0.2) is 28.7 Å². The molecule has 1 N–H and O–H groups in total. The second-order valence-corrected chi connectivity index (χ2v) is 6.50. The lowest BCUT2D eigenvalue weighted by molar-refractivity contribution is 0.379. The summed E-state index contributed by atoms with van der Waals surface area (Å²) in [5, 5.41) is 4.84. The van der Waals surface area contributed by atoms with Gasteiger partial charge < -0.3 is 9.73 Å². The molecule has 3 rings (SSSR count). The lowest BCUT2D eigenvalue weighted by Crippen LogP contribution is -2.29. The number of hydrogen-bond acceptors (Lipinski definition) is 2. The quantitative estimate of drug-likeness (QED) is 0.877. The SMILES string of the molecule is Cc1cccc2cc(C3CCCC3CNC(C)C)oc12. The Hall–Kier alpha value is -1.28. The maximum atomic E-state index is 6.19. The van der Waals surface area contributed by atoms with E-state index in [2.05, 4.69) is 50.4 Å². The first kappa shape index (κ1) is 13.7. The summed E-state index contributed by atoms with van der Waals surface area (Å²) in [6.45, 7) is 7.67. The number of rotatable bonds is 4. The van der Waals surface area contributed by atoms with E-state index in [1.807, 2.05) is 0 Å². The maximum Gasteiger partial charge on any atom is 0.137 e. The van der Waals surface area contributed by atoms with Gasteiger partial charge in [-0.25, -0.2) is 0 Å². The molecule has 0 aliphatic heterocycles. The summed E-state index contributed by atoms with van der Waals surface area (Å²) in [5.41, 5.74) is 2.31. The van der Waals surface area contributed by atoms with Gasteiger partial charge in [0, 0.05) is 17.3 Å². The molecule has 1 fully saturated rings. The van der Waals surface area contributed by atoms with E-state index in [-0.39, 0.29) is 0 Å². The van der Waals surface area contributed by atoms with Crippen LogP contribution < -0.4 is 5.32 Å². The van der Waals surface area contributed by atoms with Gasteiger partial charge in [0.2, 0.25) is 0 Å². The molecule has 0 bridgehead atoms. The molecular formula is C18H25NO. The maximum absolute atomic E-state index is 6.19. The number of aryl methyl sites for hydroxylation is 1. The summed E-state index contributed by atoms with van der Waals surface area (Å²) in [7, 11) is 0. The van der Waals surface area contributed by atoms with Crippen LogP contribution in [-0.4, -0.2) is 12.6 Å². The molecule has 0 radical (unpaired) electrons. The number of furan rings is 1. The highest BCUT2D eigenvalue weighted by Gasteiger charge is 2.31. The van der Waals surface area contributed by atoms with Crippen LogP contribution in [0.4, 0.5) is 0 Å². The molecule has 2 atom stereocenters. The molecule has 2 unspecified atom stereocenters. The summed E-state index contributed by atoms with van der Waals surface area (Å²) < 4.78 is 6.19. The number of fused-ring (bicyclic) bond motifs is 1. The minimum atomic E-state index is 0.564. The van der Waals surface area contributed by atoms with Crippen molar-refractivity contribution in [3.63, 3.8) is 0 Å². The summed E-state index contributed by atoms with van der Waals surface area (Å²) in [5.74, 6) is 2.51. The van der Waals surface area contributed by atoms with Gasteiger partial charge in [0.25, 0.3) is 0 Å². The minimum absolute atomic E-state index is 0.564. The summed E-state index contributed by atoms with van der Waals surface area (Å²) in [6, 6.07) is 9.23. The fraction of sp³-hybridized carbons (Fsp3) is 0.556. The van der Waals surface area contributed by atoms with E-state index < -0.39 is 0 Å². The van der Waals surface area contributed by atoms with E-state index in [0.29, 0.717) is 12.0 Å². The Morgan fingerprint density at radius 1 is 1.30 bits per heavy atom. The van der Waals surface area contributed by atoms with Crippen molar-refractivity contribution < 1.29 is 4.42 Å². The molecular weight excluding hydrogens is 246 g/mol. The first-order valence-electron chi connectivity index (χ1n) is 7.87. The van der Waals surface area contributed by atoms with Crippen LogP contribution in [0.5, 0.6) is 0 Å². The summed E-state index contributed by atoms with van der Waals surface area (Å²) in [4.78, 5) is 0. The topological polar surface area (TPSA) is 25.2 Å². The Bertz CT molecular complexity index is 584. The van der Waals surface area contributed by atoms with Crippen LogP contribution in [0, 0.1) is 12.8 Å². The van der Waals surface area contributed by atoms with Crippen molar-refractivity contribution in [2.75, 3.05) is 6.54 Å². The molecule has 1 saturated carbocycles. The smallest absolute Gasteiger partial charge is 0.137 e. The second-order valence-electron chi connectivity index (χ2n) is 6.50. The van der Waals surface area contributed by atoms with Gasteiger partial charge in [0.15, 0.2) is 0 Å². The number of nitrogens with one attached hydrogen (secondary N) is 1. The van der Waals surface area contributed by atoms with Crippen molar-refractivity contribution in [2.24, 2.45) is 5.92 Å². The van der Waals surface area contributed by atoms with Gasteiger partial charge >= 0.3 is 0 Å². The Morgan fingerprint density at radius 2 is 2.15 bits per heavy atom. The number of hydrogen-bond donors (Lipinski definition) is 1. The first-order valence-corrected chi connectivity index (χ1v) is 7.87. The molecule has 1 aromatic carbocycles. The van der Waals surface area contributed by atoms with Crippen LogP contribution in [0.2, 0.25) is 0 Å². The highest BCUT2D eigenvalue weighted by molar-refractivity contribution is 5.81. The molecule has 108 valence electrons. The summed E-state index contributed by atoms with van der Waals surface area (Å²) >= 11 is 0. The monoisotopic (exact) mass is 271 g/mol. The van der Waals surface area contributed by atoms with E-state index in [4.69, 9.17) is 4.42 Å². The van der Waals surface area contributed by atoms with Crippen LogP contribution in [0.3, 0.4) is 0 Å². The molecule has 1 heterocycles. The molecule has 2 heteroatoms. The van der Waals surface area contributed by atoms with Crippen LogP contribution in [-0.2, 0) is 0 Å². The van der Waals surface area contributed by atoms with Crippen molar-refractivity contribution in [3.8, 4) is 0 Å². The predicted molar refractivity (Wildman–Crippen MR) is 84.2 cm³/mol. The molecule has 0 saturated heterocycles. The standard InChI is InChI=1S/C18H25NO/c1-12(2)19-11-15-8-5-9-16(15)17-10-14-7-4-6-13(3)18(14)20-17/h4,6-7,10,12,15-16,19H,5,8-9,11H2,1-3H3. The Labute approximate surface area is 121 Å². The van der Waals surface area contributed by atoms with Crippen LogP contribution in [0.1, 0.15) is 50.4 Å². The fourth-order valence-electron chi connectivity index (χ4n) is 3.45. The average molecular weight is 271 g/mol. The van der Waals surface area contributed by atoms with E-state index in [9.17, 15) is 0 Å². The van der Waals surface area contributed by atoms with E-state index in [1.54, 1.807) is 0 Å². The number of para-hydroxylation sites is 1. The zero-order valence-electron chi connectivity index (χ0n) is 12.8. The zero-order valence-corrected chi connectivity index (χ0v) is 12.8. The molecule has 0 amide bonds. The van der Waals surface area contributed by atoms with Crippen LogP contribution >= 0.6 is 0 Å². The lowest BCUT2D eigenvalue weighted by Gasteiger charge is -2.19. The van der Waals surface area contributed by atoms with Gasteiger partial charge in [-0.15, -0.1) is 0 Å². The third-order valence-corrected chi connectivity index (χ3v) is 4.57. The third-order valence-electron chi connectivity index (χ3n) is 4.57. The molecule has 2 aromatic rings. The minimum Gasteiger partial charge on any atom is -0.460 e. The molecule has 20 heavy (non-hydrogen) atoms. The van der Waals surface area contributed by atoms with Gasteiger partial charge in [-0.1, -0.05) is 38.5 Å². The molecule has 0 spiro atoms. The van der Waals surface area contributed by atoms with E-state index in [1.165, 1.54) is 36.0 Å². The van der Waals surface area contributed by atoms with Crippen molar-refractivity contribution in [3.05, 3.63) is 35.6 Å². The molecule has 1 aliphatic carbocycles. The Morgan fingerprint density at radius 3 is 2.90 bits per heavy atom. The second kappa shape index (κ2) is 5.61. The Kier molecular flexibility index (Phi) is 3.84. The highest BCUT2D eigenvalue weighted by atomic mass is 16.3. The molecule has 1 aliphatic rings. The van der Waals surface area contributed by atoms with Crippen molar-refractivity contribution in [1.82, 2.24) is 5.32 Å². The summed E-state index contributed by atoms with van der Waals surface area (Å²) in [6.07, 6.45) is 3.91. The van der Waals surface area contributed by atoms with Gasteiger partial charge in [-0.2, -0.15) is 0 Å². The van der Waals surface area contributed by atoms with Gasteiger partial charge in [0.1, 0.15) is 11.3 Å². The number of benzene rings is 1. The van der Waals surface area contributed by atoms with E-state index in [0.717, 1.165) is 18.0 Å². The van der Waals surface area contributed by atoms with Gasteiger partial charge in [-0.3, -0.25) is 0 Å². The molecule has 2 nitrogen and oxygen atoms in total. The zero-order chi connectivity index (χ0) is 14.1. The normalized spacial score (nSPS) is 23.0. The predicted octanol–water partition coefficient (Wildman–Crippen LogP) is 4.62. The van der Waals surface area contributed by atoms with Crippen molar-refractivity contribution in [1.29, 1.82) is 0 Å². The van der Waals surface area contributed by atoms with Crippen molar-refractivity contribution in [2.45, 2.75) is 52.0 Å². The fourth-order valence-corrected chi connectivity index (χ4v) is 3.45. The largest absolute Gasteiger partial charge is 0.460 e. The van der Waals surface area contributed by atoms with Crippen molar-refractivity contribution >= 4 is 11.0 Å². The lowest BCUT2D eigenvalue weighted by atomic mass is 9.93. The van der Waals surface area contributed by atoms with Gasteiger partial charge in [-0.05, 0) is 43.9 Å². The Balaban J connectivity index is 1.84. The highest BCUT2D eigenvalue weighted by Crippen LogP contribution is 2.41. The van der Waals surface area contributed by atoms with E-state index >= 15 is 0 Å². The average Bonchev–Trinajstić information content (AvgIpc) is 3.02.